The Kier molecular flexibility index (Phi) is 5.10. The van der Waals surface area contributed by atoms with E-state index in [-0.39, 0.29) is 18.6 Å². The lowest BCUT2D eigenvalue weighted by atomic mass is 9.92. The Morgan fingerprint density at radius 2 is 2.28 bits per heavy atom. The van der Waals surface area contributed by atoms with Gasteiger partial charge in [0.15, 0.2) is 0 Å². The molecule has 0 bridgehead atoms. The van der Waals surface area contributed by atoms with E-state index in [9.17, 15) is 14.4 Å². The van der Waals surface area contributed by atoms with E-state index >= 15 is 0 Å². The summed E-state index contributed by atoms with van der Waals surface area (Å²) in [7, 11) is 0. The molecule has 0 aromatic heterocycles. The maximum atomic E-state index is 12.8. The van der Waals surface area contributed by atoms with Crippen LogP contribution in [0.15, 0.2) is 28.7 Å². The molecule has 0 aliphatic carbocycles. The standard InChI is InChI=1S/C17H20BrN3O4/c1-17(11-4-2-5-12(18)8-11)15(23)21(16(24)20-17)10-14(22)19-9-13-6-3-7-25-13/h2,4-5,8,13H,3,6-7,9-10H2,1H3,(H,19,22)(H,20,24)/t13-,17+/m1/s1. The molecular formula is C17H20BrN3O4. The first kappa shape index (κ1) is 17.9. The third-order valence-electron chi connectivity index (χ3n) is 4.53. The molecule has 0 spiro atoms. The normalized spacial score (nSPS) is 26.0. The summed E-state index contributed by atoms with van der Waals surface area (Å²) in [6.07, 6.45) is 1.90. The molecule has 2 N–H and O–H groups in total. The number of carbonyl (C=O) groups is 3. The van der Waals surface area contributed by atoms with Crippen molar-refractivity contribution >= 4 is 33.8 Å². The molecule has 2 heterocycles. The molecular weight excluding hydrogens is 390 g/mol. The molecule has 0 radical (unpaired) electrons. The van der Waals surface area contributed by atoms with Gasteiger partial charge >= 0.3 is 6.03 Å². The zero-order chi connectivity index (χ0) is 18.0. The van der Waals surface area contributed by atoms with Gasteiger partial charge in [-0.2, -0.15) is 0 Å². The second kappa shape index (κ2) is 7.13. The van der Waals surface area contributed by atoms with Crippen molar-refractivity contribution < 1.29 is 19.1 Å². The van der Waals surface area contributed by atoms with E-state index in [1.807, 2.05) is 6.07 Å². The van der Waals surface area contributed by atoms with Crippen molar-refractivity contribution in [3.63, 3.8) is 0 Å². The number of benzene rings is 1. The van der Waals surface area contributed by atoms with Crippen LogP contribution < -0.4 is 10.6 Å². The summed E-state index contributed by atoms with van der Waals surface area (Å²) < 4.78 is 6.25. The largest absolute Gasteiger partial charge is 0.376 e. The average molecular weight is 410 g/mol. The lowest BCUT2D eigenvalue weighted by Gasteiger charge is -2.22. The van der Waals surface area contributed by atoms with Crippen LogP contribution in [-0.4, -0.2) is 48.5 Å². The second-order valence-corrected chi connectivity index (χ2v) is 7.31. The van der Waals surface area contributed by atoms with Gasteiger partial charge in [-0.1, -0.05) is 28.1 Å². The minimum absolute atomic E-state index is 0.0130. The monoisotopic (exact) mass is 409 g/mol. The van der Waals surface area contributed by atoms with E-state index in [1.165, 1.54) is 0 Å². The number of nitrogens with zero attached hydrogens (tertiary/aromatic N) is 1. The summed E-state index contributed by atoms with van der Waals surface area (Å²) >= 11 is 3.36. The number of ether oxygens (including phenoxy) is 1. The highest BCUT2D eigenvalue weighted by molar-refractivity contribution is 9.10. The molecule has 3 rings (SSSR count). The molecule has 2 aliphatic rings. The number of hydrogen-bond acceptors (Lipinski definition) is 4. The molecule has 2 saturated heterocycles. The maximum absolute atomic E-state index is 12.8. The smallest absolute Gasteiger partial charge is 0.325 e. The number of halogens is 1. The number of urea groups is 1. The summed E-state index contributed by atoms with van der Waals surface area (Å²) in [5, 5.41) is 5.41. The van der Waals surface area contributed by atoms with Crippen LogP contribution in [0, 0.1) is 0 Å². The van der Waals surface area contributed by atoms with Crippen LogP contribution in [0.25, 0.3) is 0 Å². The zero-order valence-corrected chi connectivity index (χ0v) is 15.5. The molecule has 1 aromatic rings. The minimum Gasteiger partial charge on any atom is -0.376 e. The van der Waals surface area contributed by atoms with Gasteiger partial charge < -0.3 is 15.4 Å². The SMILES string of the molecule is C[C@@]1(c2cccc(Br)c2)NC(=O)N(CC(=O)NC[C@H]2CCCO2)C1=O. The minimum atomic E-state index is -1.18. The van der Waals surface area contributed by atoms with Crippen molar-refractivity contribution in [3.05, 3.63) is 34.3 Å². The average Bonchev–Trinajstić information content (AvgIpc) is 3.16. The summed E-state index contributed by atoms with van der Waals surface area (Å²) in [5.74, 6) is -0.819. The van der Waals surface area contributed by atoms with E-state index < -0.39 is 17.5 Å². The predicted molar refractivity (Wildman–Crippen MR) is 93.7 cm³/mol. The molecule has 7 nitrogen and oxygen atoms in total. The number of hydrogen-bond donors (Lipinski definition) is 2. The molecule has 25 heavy (non-hydrogen) atoms. The Labute approximate surface area is 154 Å². The van der Waals surface area contributed by atoms with Crippen molar-refractivity contribution in [1.82, 2.24) is 15.5 Å². The molecule has 0 unspecified atom stereocenters. The van der Waals surface area contributed by atoms with Crippen molar-refractivity contribution in [1.29, 1.82) is 0 Å². The number of amides is 4. The number of imide groups is 1. The summed E-state index contributed by atoms with van der Waals surface area (Å²) in [6.45, 7) is 2.43. The van der Waals surface area contributed by atoms with Gasteiger partial charge in [-0.25, -0.2) is 4.79 Å². The molecule has 0 saturated carbocycles. The number of carbonyl (C=O) groups excluding carboxylic acids is 3. The van der Waals surface area contributed by atoms with Crippen molar-refractivity contribution in [3.8, 4) is 0 Å². The zero-order valence-electron chi connectivity index (χ0n) is 13.9. The molecule has 8 heteroatoms. The van der Waals surface area contributed by atoms with Gasteiger partial charge in [-0.05, 0) is 37.5 Å². The summed E-state index contributed by atoms with van der Waals surface area (Å²) in [4.78, 5) is 38.1. The van der Waals surface area contributed by atoms with Gasteiger partial charge in [0.05, 0.1) is 6.10 Å². The van der Waals surface area contributed by atoms with E-state index in [0.29, 0.717) is 18.7 Å². The molecule has 2 aliphatic heterocycles. The van der Waals surface area contributed by atoms with Crippen LogP contribution in [-0.2, 0) is 19.9 Å². The first-order valence-corrected chi connectivity index (χ1v) is 8.98. The van der Waals surface area contributed by atoms with Gasteiger partial charge in [0.2, 0.25) is 5.91 Å². The first-order chi connectivity index (χ1) is 11.9. The third kappa shape index (κ3) is 3.69. The number of nitrogens with one attached hydrogen (secondary N) is 2. The van der Waals surface area contributed by atoms with E-state index in [1.54, 1.807) is 25.1 Å². The quantitative estimate of drug-likeness (QED) is 0.721. The Morgan fingerprint density at radius 1 is 1.48 bits per heavy atom. The van der Waals surface area contributed by atoms with Gasteiger partial charge in [-0.3, -0.25) is 14.5 Å². The Balaban J connectivity index is 1.65. The Bertz CT molecular complexity index is 705. The van der Waals surface area contributed by atoms with Crippen molar-refractivity contribution in [2.75, 3.05) is 19.7 Å². The van der Waals surface area contributed by atoms with Crippen LogP contribution >= 0.6 is 15.9 Å². The Hall–Kier alpha value is -1.93. The fourth-order valence-electron chi connectivity index (χ4n) is 3.07. The topological polar surface area (TPSA) is 87.7 Å². The Morgan fingerprint density at radius 3 is 2.96 bits per heavy atom. The van der Waals surface area contributed by atoms with Gasteiger partial charge in [0, 0.05) is 17.6 Å². The van der Waals surface area contributed by atoms with Crippen molar-refractivity contribution in [2.24, 2.45) is 0 Å². The summed E-state index contributed by atoms with van der Waals surface area (Å²) in [5.41, 5.74) is -0.530. The highest BCUT2D eigenvalue weighted by Gasteiger charge is 2.49. The van der Waals surface area contributed by atoms with Crippen LogP contribution in [0.3, 0.4) is 0 Å². The maximum Gasteiger partial charge on any atom is 0.325 e. The summed E-state index contributed by atoms with van der Waals surface area (Å²) in [6, 6.07) is 6.61. The third-order valence-corrected chi connectivity index (χ3v) is 5.02. The highest BCUT2D eigenvalue weighted by Crippen LogP contribution is 2.30. The predicted octanol–water partition coefficient (Wildman–Crippen LogP) is 1.51. The molecule has 1 aromatic carbocycles. The number of rotatable bonds is 5. The second-order valence-electron chi connectivity index (χ2n) is 6.40. The molecule has 4 amide bonds. The van der Waals surface area contributed by atoms with Gasteiger partial charge in [0.1, 0.15) is 12.1 Å². The van der Waals surface area contributed by atoms with Crippen LogP contribution in [0.2, 0.25) is 0 Å². The lowest BCUT2D eigenvalue weighted by Crippen LogP contribution is -2.44. The van der Waals surface area contributed by atoms with E-state index in [4.69, 9.17) is 4.74 Å². The van der Waals surface area contributed by atoms with E-state index in [2.05, 4.69) is 26.6 Å². The fourth-order valence-corrected chi connectivity index (χ4v) is 3.47. The van der Waals surface area contributed by atoms with E-state index in [0.717, 1.165) is 22.2 Å². The van der Waals surface area contributed by atoms with Gasteiger partial charge in [-0.15, -0.1) is 0 Å². The molecule has 134 valence electrons. The van der Waals surface area contributed by atoms with Crippen LogP contribution in [0.5, 0.6) is 0 Å². The van der Waals surface area contributed by atoms with Crippen LogP contribution in [0.1, 0.15) is 25.3 Å². The van der Waals surface area contributed by atoms with Gasteiger partial charge in [0.25, 0.3) is 5.91 Å². The highest BCUT2D eigenvalue weighted by atomic mass is 79.9. The molecule has 2 fully saturated rings. The first-order valence-electron chi connectivity index (χ1n) is 8.18. The fraction of sp³-hybridized carbons (Fsp3) is 0.471. The lowest BCUT2D eigenvalue weighted by molar-refractivity contribution is -0.134. The van der Waals surface area contributed by atoms with Crippen LogP contribution in [0.4, 0.5) is 4.79 Å². The molecule has 2 atom stereocenters. The van der Waals surface area contributed by atoms with Crippen molar-refractivity contribution in [2.45, 2.75) is 31.4 Å².